The molecule has 0 radical (unpaired) electrons. The number of benzene rings is 1. The fourth-order valence-electron chi connectivity index (χ4n) is 4.17. The Hall–Kier alpha value is -1.85. The highest BCUT2D eigenvalue weighted by atomic mass is 35.5. The van der Waals surface area contributed by atoms with E-state index in [-0.39, 0.29) is 36.2 Å². The maximum absolute atomic E-state index is 13.1. The van der Waals surface area contributed by atoms with Crippen LogP contribution in [0, 0.1) is 5.92 Å². The maximum atomic E-state index is 13.1. The van der Waals surface area contributed by atoms with Gasteiger partial charge in [0.2, 0.25) is 5.91 Å². The lowest BCUT2D eigenvalue weighted by Gasteiger charge is -2.29. The number of hydrogen-bond acceptors (Lipinski definition) is 3. The van der Waals surface area contributed by atoms with Gasteiger partial charge < -0.3 is 10.2 Å². The third-order valence-corrected chi connectivity index (χ3v) is 5.61. The second-order valence-electron chi connectivity index (χ2n) is 7.10. The summed E-state index contributed by atoms with van der Waals surface area (Å²) in [5, 5.41) is 7.66. The van der Waals surface area contributed by atoms with E-state index in [9.17, 15) is 4.79 Å². The maximum Gasteiger partial charge on any atom is 0.227 e. The molecule has 0 bridgehead atoms. The Labute approximate surface area is 154 Å². The number of aryl methyl sites for hydroxylation is 1. The zero-order valence-electron chi connectivity index (χ0n) is 14.7. The summed E-state index contributed by atoms with van der Waals surface area (Å²) >= 11 is 0. The average Bonchev–Trinajstić information content (AvgIpc) is 3.31. The minimum absolute atomic E-state index is 0. The first-order chi connectivity index (χ1) is 11.6. The lowest BCUT2D eigenvalue weighted by molar-refractivity contribution is -0.136. The molecule has 2 aliphatic rings. The number of rotatable bonds is 3. The van der Waals surface area contributed by atoms with E-state index in [2.05, 4.69) is 34.7 Å². The van der Waals surface area contributed by atoms with Gasteiger partial charge in [-0.3, -0.25) is 9.48 Å². The van der Waals surface area contributed by atoms with E-state index in [1.165, 1.54) is 11.1 Å². The first-order valence-corrected chi connectivity index (χ1v) is 8.66. The molecule has 0 unspecified atom stereocenters. The predicted molar refractivity (Wildman–Crippen MR) is 100.0 cm³/mol. The standard InChI is InChI=1S/C19H24N4O.ClH/c1-22-12-15(9-21-22)17-10-20-11-18(17)19(24)23(2)16-7-13-5-3-4-6-14(13)8-16;/h3-6,9,12,16-18,20H,7-8,10-11H2,1-2H3;1H/t17-,18+;/m1./s1. The van der Waals surface area contributed by atoms with Crippen molar-refractivity contribution >= 4 is 18.3 Å². The smallest absolute Gasteiger partial charge is 0.227 e. The molecule has 1 aliphatic carbocycles. The summed E-state index contributed by atoms with van der Waals surface area (Å²) in [6.45, 7) is 1.60. The molecule has 1 aromatic carbocycles. The first-order valence-electron chi connectivity index (χ1n) is 8.66. The second-order valence-corrected chi connectivity index (χ2v) is 7.10. The average molecular weight is 361 g/mol. The summed E-state index contributed by atoms with van der Waals surface area (Å²) in [5.74, 6) is 0.479. The van der Waals surface area contributed by atoms with Crippen LogP contribution in [0.15, 0.2) is 36.7 Å². The van der Waals surface area contributed by atoms with Crippen LogP contribution in [0.4, 0.5) is 0 Å². The van der Waals surface area contributed by atoms with Crippen molar-refractivity contribution in [2.75, 3.05) is 20.1 Å². The topological polar surface area (TPSA) is 50.2 Å². The number of carbonyl (C=O) groups is 1. The molecule has 0 spiro atoms. The molecule has 1 fully saturated rings. The molecule has 5 nitrogen and oxygen atoms in total. The second kappa shape index (κ2) is 7.18. The van der Waals surface area contributed by atoms with Gasteiger partial charge in [-0.2, -0.15) is 5.10 Å². The largest absolute Gasteiger partial charge is 0.342 e. The zero-order chi connectivity index (χ0) is 16.7. The minimum atomic E-state index is 0. The van der Waals surface area contributed by atoms with E-state index in [0.29, 0.717) is 0 Å². The molecule has 4 rings (SSSR count). The van der Waals surface area contributed by atoms with Gasteiger partial charge in [0.1, 0.15) is 0 Å². The summed E-state index contributed by atoms with van der Waals surface area (Å²) in [5.41, 5.74) is 3.93. The van der Waals surface area contributed by atoms with Crippen molar-refractivity contribution in [1.29, 1.82) is 0 Å². The Balaban J connectivity index is 0.00000182. The molecule has 2 atom stereocenters. The van der Waals surface area contributed by atoms with E-state index >= 15 is 0 Å². The fraction of sp³-hybridized carbons (Fsp3) is 0.474. The summed E-state index contributed by atoms with van der Waals surface area (Å²) in [7, 11) is 3.89. The highest BCUT2D eigenvalue weighted by molar-refractivity contribution is 5.85. The number of carbonyl (C=O) groups excluding carboxylic acids is 1. The van der Waals surface area contributed by atoms with E-state index < -0.39 is 0 Å². The SMILES string of the molecule is CN(C(=O)[C@H]1CNC[C@@H]1c1cnn(C)c1)C1Cc2ccccc2C1.Cl. The lowest BCUT2D eigenvalue weighted by Crippen LogP contribution is -2.43. The van der Waals surface area contributed by atoms with Gasteiger partial charge in [-0.1, -0.05) is 24.3 Å². The monoisotopic (exact) mass is 360 g/mol. The van der Waals surface area contributed by atoms with Crippen molar-refractivity contribution in [1.82, 2.24) is 20.0 Å². The van der Waals surface area contributed by atoms with Crippen LogP contribution in [0.5, 0.6) is 0 Å². The van der Waals surface area contributed by atoms with Gasteiger partial charge in [-0.25, -0.2) is 0 Å². The Morgan fingerprint density at radius 2 is 1.92 bits per heavy atom. The molecule has 25 heavy (non-hydrogen) atoms. The molecular weight excluding hydrogens is 336 g/mol. The molecule has 134 valence electrons. The van der Waals surface area contributed by atoms with Crippen LogP contribution >= 0.6 is 12.4 Å². The Morgan fingerprint density at radius 1 is 1.24 bits per heavy atom. The number of amides is 1. The molecule has 2 heterocycles. The molecule has 1 aliphatic heterocycles. The highest BCUT2D eigenvalue weighted by Crippen LogP contribution is 2.31. The minimum Gasteiger partial charge on any atom is -0.342 e. The molecular formula is C19H25ClN4O. The van der Waals surface area contributed by atoms with Crippen molar-refractivity contribution in [2.45, 2.75) is 24.8 Å². The lowest BCUT2D eigenvalue weighted by atomic mass is 9.89. The third kappa shape index (κ3) is 3.31. The van der Waals surface area contributed by atoms with Crippen LogP contribution in [0.1, 0.15) is 22.6 Å². The normalized spacial score (nSPS) is 22.5. The van der Waals surface area contributed by atoms with Crippen molar-refractivity contribution in [3.05, 3.63) is 53.3 Å². The third-order valence-electron chi connectivity index (χ3n) is 5.61. The van der Waals surface area contributed by atoms with E-state index in [4.69, 9.17) is 0 Å². The first kappa shape index (κ1) is 18.0. The molecule has 2 aromatic rings. The van der Waals surface area contributed by atoms with Gasteiger partial charge in [0, 0.05) is 45.3 Å². The Bertz CT molecular complexity index is 734. The molecule has 0 saturated carbocycles. The van der Waals surface area contributed by atoms with Gasteiger partial charge in [0.15, 0.2) is 0 Å². The molecule has 1 amide bonds. The molecule has 1 saturated heterocycles. The summed E-state index contributed by atoms with van der Waals surface area (Å²) < 4.78 is 1.81. The van der Waals surface area contributed by atoms with E-state index in [1.807, 2.05) is 36.1 Å². The number of nitrogens with one attached hydrogen (secondary N) is 1. The quantitative estimate of drug-likeness (QED) is 0.907. The van der Waals surface area contributed by atoms with Gasteiger partial charge in [0.25, 0.3) is 0 Å². The van der Waals surface area contributed by atoms with E-state index in [0.717, 1.165) is 31.5 Å². The van der Waals surface area contributed by atoms with Gasteiger partial charge in [-0.15, -0.1) is 12.4 Å². The number of hydrogen-bond donors (Lipinski definition) is 1. The molecule has 1 N–H and O–H groups in total. The van der Waals surface area contributed by atoms with Crippen LogP contribution in [0.25, 0.3) is 0 Å². The molecule has 1 aromatic heterocycles. The van der Waals surface area contributed by atoms with Crippen LogP contribution in [0.3, 0.4) is 0 Å². The number of aromatic nitrogens is 2. The van der Waals surface area contributed by atoms with Crippen LogP contribution < -0.4 is 5.32 Å². The summed E-state index contributed by atoms with van der Waals surface area (Å²) in [6, 6.07) is 8.82. The van der Waals surface area contributed by atoms with Crippen LogP contribution in [-0.2, 0) is 24.7 Å². The van der Waals surface area contributed by atoms with Crippen molar-refractivity contribution in [2.24, 2.45) is 13.0 Å². The number of fused-ring (bicyclic) bond motifs is 1. The molecule has 6 heteroatoms. The van der Waals surface area contributed by atoms with Gasteiger partial charge in [0.05, 0.1) is 12.1 Å². The number of likely N-dealkylation sites (N-methyl/N-ethyl adjacent to an activating group) is 1. The van der Waals surface area contributed by atoms with Crippen molar-refractivity contribution in [3.8, 4) is 0 Å². The highest BCUT2D eigenvalue weighted by Gasteiger charge is 2.38. The number of nitrogens with zero attached hydrogens (tertiary/aromatic N) is 3. The fourth-order valence-corrected chi connectivity index (χ4v) is 4.17. The van der Waals surface area contributed by atoms with E-state index in [1.54, 1.807) is 0 Å². The Morgan fingerprint density at radius 3 is 2.52 bits per heavy atom. The Kier molecular flexibility index (Phi) is 5.16. The van der Waals surface area contributed by atoms with Crippen molar-refractivity contribution < 1.29 is 4.79 Å². The number of halogens is 1. The van der Waals surface area contributed by atoms with Gasteiger partial charge in [-0.05, 0) is 29.5 Å². The zero-order valence-corrected chi connectivity index (χ0v) is 15.5. The predicted octanol–water partition coefficient (Wildman–Crippen LogP) is 1.77. The van der Waals surface area contributed by atoms with Crippen LogP contribution in [0.2, 0.25) is 0 Å². The van der Waals surface area contributed by atoms with Crippen LogP contribution in [-0.4, -0.2) is 46.8 Å². The summed E-state index contributed by atoms with van der Waals surface area (Å²) in [6.07, 6.45) is 5.86. The summed E-state index contributed by atoms with van der Waals surface area (Å²) in [4.78, 5) is 15.1. The van der Waals surface area contributed by atoms with Crippen molar-refractivity contribution in [3.63, 3.8) is 0 Å². The van der Waals surface area contributed by atoms with Gasteiger partial charge >= 0.3 is 0 Å².